The number of aliphatic hydroxyl groups excluding tert-OH is 1. The lowest BCUT2D eigenvalue weighted by molar-refractivity contribution is 0.00336. The van der Waals surface area contributed by atoms with E-state index in [0.29, 0.717) is 58.7 Å². The summed E-state index contributed by atoms with van der Waals surface area (Å²) in [5.41, 5.74) is 2.30. The highest BCUT2D eigenvalue weighted by atomic mass is 35.5. The van der Waals surface area contributed by atoms with Gasteiger partial charge in [-0.1, -0.05) is 31.2 Å². The van der Waals surface area contributed by atoms with Gasteiger partial charge in [-0.05, 0) is 68.3 Å². The van der Waals surface area contributed by atoms with Gasteiger partial charge in [0.2, 0.25) is 0 Å². The summed E-state index contributed by atoms with van der Waals surface area (Å²) in [6.45, 7) is 11.5. The van der Waals surface area contributed by atoms with Crippen molar-refractivity contribution in [1.29, 1.82) is 0 Å². The van der Waals surface area contributed by atoms with Crippen molar-refractivity contribution >= 4 is 30.8 Å². The van der Waals surface area contributed by atoms with Crippen molar-refractivity contribution in [2.75, 3.05) is 26.4 Å². The highest BCUT2D eigenvalue weighted by Gasteiger charge is 2.49. The summed E-state index contributed by atoms with van der Waals surface area (Å²) in [7, 11) is -1.31. The highest BCUT2D eigenvalue weighted by molar-refractivity contribution is 6.76. The van der Waals surface area contributed by atoms with E-state index in [9.17, 15) is 10.2 Å². The molecule has 2 aliphatic heterocycles. The minimum atomic E-state index is -1.31. The number of fused-ring (bicyclic) bond motifs is 3. The summed E-state index contributed by atoms with van der Waals surface area (Å²) in [6.07, 6.45) is -0.0552. The molecule has 3 aromatic rings. The van der Waals surface area contributed by atoms with Crippen LogP contribution in [0.3, 0.4) is 0 Å². The van der Waals surface area contributed by atoms with E-state index >= 15 is 4.39 Å². The van der Waals surface area contributed by atoms with Gasteiger partial charge < -0.3 is 33.9 Å². The first kappa shape index (κ1) is 32.6. The molecule has 0 amide bonds. The highest BCUT2D eigenvalue weighted by Crippen LogP contribution is 2.41. The molecule has 2 aromatic heterocycles. The minimum absolute atomic E-state index is 0.0689. The first-order chi connectivity index (χ1) is 21.3. The summed E-state index contributed by atoms with van der Waals surface area (Å²) < 4.78 is 46.9. The van der Waals surface area contributed by atoms with E-state index in [1.54, 1.807) is 24.5 Å². The van der Waals surface area contributed by atoms with Crippen LogP contribution in [0.15, 0.2) is 18.2 Å². The first-order valence-electron chi connectivity index (χ1n) is 15.6. The second kappa shape index (κ2) is 12.7. The van der Waals surface area contributed by atoms with Crippen molar-refractivity contribution < 1.29 is 38.3 Å². The molecule has 1 aromatic carbocycles. The number of aliphatic hydroxyl groups is 2. The second-order valence-electron chi connectivity index (χ2n) is 14.3. The van der Waals surface area contributed by atoms with Crippen LogP contribution in [0.2, 0.25) is 30.7 Å². The topological polar surface area (TPSA) is 117 Å². The van der Waals surface area contributed by atoms with Gasteiger partial charge in [0.15, 0.2) is 11.8 Å². The average molecular weight is 664 g/mol. The lowest BCUT2D eigenvalue weighted by Crippen LogP contribution is -2.35. The molecule has 5 atom stereocenters. The molecule has 6 rings (SSSR count). The van der Waals surface area contributed by atoms with Crippen molar-refractivity contribution in [1.82, 2.24) is 14.5 Å². The Labute approximate surface area is 268 Å². The van der Waals surface area contributed by atoms with Crippen LogP contribution in [0.4, 0.5) is 4.39 Å². The van der Waals surface area contributed by atoms with E-state index in [1.165, 1.54) is 6.07 Å². The zero-order valence-corrected chi connectivity index (χ0v) is 28.3. The van der Waals surface area contributed by atoms with Crippen LogP contribution < -0.4 is 9.47 Å². The van der Waals surface area contributed by atoms with E-state index in [2.05, 4.69) is 19.6 Å². The zero-order valence-electron chi connectivity index (χ0n) is 26.5. The Morgan fingerprint density at radius 1 is 1.13 bits per heavy atom. The van der Waals surface area contributed by atoms with Crippen molar-refractivity contribution in [3.63, 3.8) is 0 Å². The largest absolute Gasteiger partial charge is 0.491 e. The molecular weight excluding hydrogens is 621 g/mol. The standard InChI is InChI=1S/C32H43ClFN3O7Si/c1-32(2,39)16-43-20-10-18-6-7-19(27(18)22(34)12-20)11-23-21(33)13-24-30(35-23)37(17-40-8-9-45(3,4)5)31(36-24)44-26-15-42-28-25(38)14-41-29(26)28/h10,12-13,19,25-26,28-29,38-39H,6-9,11,14-17H2,1-5H3/t19?,25-,26-,28-,29-/m1/s1. The molecule has 3 aliphatic rings. The summed E-state index contributed by atoms with van der Waals surface area (Å²) in [6, 6.07) is 6.34. The molecule has 0 radical (unpaired) electrons. The van der Waals surface area contributed by atoms with Crippen LogP contribution >= 0.6 is 11.6 Å². The van der Waals surface area contributed by atoms with Crippen LogP contribution in [0.1, 0.15) is 43.0 Å². The summed E-state index contributed by atoms with van der Waals surface area (Å²) in [5.74, 6) is -0.0242. The van der Waals surface area contributed by atoms with Crippen molar-refractivity contribution in [3.05, 3.63) is 45.9 Å². The molecule has 1 aliphatic carbocycles. The number of halogens is 2. The zero-order chi connectivity index (χ0) is 32.1. The molecule has 13 heteroatoms. The minimum Gasteiger partial charge on any atom is -0.491 e. The van der Waals surface area contributed by atoms with Gasteiger partial charge in [-0.25, -0.2) is 9.37 Å². The SMILES string of the molecule is CC(C)(O)COc1cc(F)c2c(c1)CCC2Cc1nc2c(cc1Cl)nc(O[C@@H]1CO[C@H]3[C@@H]1OC[C@H]3O)n2COCC[Si](C)(C)C. The summed E-state index contributed by atoms with van der Waals surface area (Å²) >= 11 is 6.77. The van der Waals surface area contributed by atoms with Crippen LogP contribution in [0, 0.1) is 5.82 Å². The number of aryl methyl sites for hydroxylation is 1. The Morgan fingerprint density at radius 3 is 2.67 bits per heavy atom. The van der Waals surface area contributed by atoms with Gasteiger partial charge in [0.05, 0.1) is 29.5 Å². The Kier molecular flexibility index (Phi) is 9.21. The van der Waals surface area contributed by atoms with Crippen LogP contribution in [0.25, 0.3) is 11.2 Å². The predicted molar refractivity (Wildman–Crippen MR) is 170 cm³/mol. The smallest absolute Gasteiger partial charge is 0.301 e. The number of hydrogen-bond donors (Lipinski definition) is 2. The Hall–Kier alpha value is -2.32. The summed E-state index contributed by atoms with van der Waals surface area (Å²) in [4.78, 5) is 9.68. The van der Waals surface area contributed by atoms with Gasteiger partial charge in [-0.15, -0.1) is 0 Å². The van der Waals surface area contributed by atoms with E-state index in [-0.39, 0.29) is 38.3 Å². The molecule has 0 bridgehead atoms. The van der Waals surface area contributed by atoms with Gasteiger partial charge in [0, 0.05) is 20.7 Å². The number of benzene rings is 1. The molecular formula is C32H43ClFN3O7Si. The molecule has 4 heterocycles. The third-order valence-electron chi connectivity index (χ3n) is 8.56. The quantitative estimate of drug-likeness (QED) is 0.207. The molecule has 2 fully saturated rings. The van der Waals surface area contributed by atoms with E-state index in [4.69, 9.17) is 45.3 Å². The van der Waals surface area contributed by atoms with Crippen molar-refractivity contribution in [2.45, 2.75) is 101 Å². The molecule has 45 heavy (non-hydrogen) atoms. The van der Waals surface area contributed by atoms with E-state index < -0.39 is 38.1 Å². The van der Waals surface area contributed by atoms with Gasteiger partial charge in [0.25, 0.3) is 0 Å². The van der Waals surface area contributed by atoms with Gasteiger partial charge in [0.1, 0.15) is 48.7 Å². The number of hydrogen-bond acceptors (Lipinski definition) is 9. The van der Waals surface area contributed by atoms with Gasteiger partial charge in [-0.2, -0.15) is 4.98 Å². The second-order valence-corrected chi connectivity index (χ2v) is 20.3. The molecule has 246 valence electrons. The van der Waals surface area contributed by atoms with Gasteiger partial charge in [-0.3, -0.25) is 4.57 Å². The first-order valence-corrected chi connectivity index (χ1v) is 19.7. The molecule has 2 N–H and O–H groups in total. The Bertz CT molecular complexity index is 1540. The number of nitrogens with zero attached hydrogens (tertiary/aromatic N) is 3. The molecule has 2 saturated heterocycles. The molecule has 0 saturated carbocycles. The van der Waals surface area contributed by atoms with Crippen molar-refractivity contribution in [2.24, 2.45) is 0 Å². The number of rotatable bonds is 12. The average Bonchev–Trinajstić information content (AvgIpc) is 3.71. The summed E-state index contributed by atoms with van der Waals surface area (Å²) in [5, 5.41) is 20.6. The van der Waals surface area contributed by atoms with Crippen LogP contribution in [0.5, 0.6) is 11.8 Å². The lowest BCUT2D eigenvalue weighted by Gasteiger charge is -2.19. The van der Waals surface area contributed by atoms with Crippen LogP contribution in [-0.4, -0.2) is 89.3 Å². The normalized spacial score (nSPS) is 24.8. The van der Waals surface area contributed by atoms with E-state index in [1.807, 2.05) is 6.07 Å². The monoisotopic (exact) mass is 663 g/mol. The fraction of sp³-hybridized carbons (Fsp3) is 0.625. The number of ether oxygens (including phenoxy) is 5. The third kappa shape index (κ3) is 7.32. The van der Waals surface area contributed by atoms with Crippen LogP contribution in [-0.2, 0) is 33.8 Å². The molecule has 10 nitrogen and oxygen atoms in total. The fourth-order valence-corrected chi connectivity index (χ4v) is 7.15. The lowest BCUT2D eigenvalue weighted by atomic mass is 9.95. The molecule has 0 spiro atoms. The van der Waals surface area contributed by atoms with E-state index in [0.717, 1.165) is 18.0 Å². The number of aromatic nitrogens is 3. The maximum atomic E-state index is 15.4. The third-order valence-corrected chi connectivity index (χ3v) is 10.6. The predicted octanol–water partition coefficient (Wildman–Crippen LogP) is 4.86. The van der Waals surface area contributed by atoms with Gasteiger partial charge >= 0.3 is 6.01 Å². The maximum absolute atomic E-state index is 15.4. The Balaban J connectivity index is 1.26. The maximum Gasteiger partial charge on any atom is 0.301 e. The molecule has 1 unspecified atom stereocenters. The number of imidazole rings is 1. The Morgan fingerprint density at radius 2 is 1.91 bits per heavy atom. The number of pyridine rings is 1. The fourth-order valence-electron chi connectivity index (χ4n) is 6.17. The van der Waals surface area contributed by atoms with Crippen molar-refractivity contribution in [3.8, 4) is 11.8 Å².